The highest BCUT2D eigenvalue weighted by atomic mass is 32.1. The second kappa shape index (κ2) is 7.35. The van der Waals surface area contributed by atoms with Gasteiger partial charge in [0.2, 0.25) is 0 Å². The van der Waals surface area contributed by atoms with Crippen molar-refractivity contribution in [2.75, 3.05) is 13.1 Å². The summed E-state index contributed by atoms with van der Waals surface area (Å²) in [6.07, 6.45) is 3.97. The summed E-state index contributed by atoms with van der Waals surface area (Å²) >= 11 is 1.51. The number of hydrogen-bond acceptors (Lipinski definition) is 4. The normalized spacial score (nSPS) is 16.9. The minimum Gasteiger partial charge on any atom is -0.342 e. The average molecular weight is 428 g/mol. The third kappa shape index (κ3) is 3.21. The van der Waals surface area contributed by atoms with Gasteiger partial charge in [0.25, 0.3) is 5.91 Å². The molecule has 1 N–H and O–H groups in total. The molecule has 1 aliphatic heterocycles. The molecule has 31 heavy (non-hydrogen) atoms. The van der Waals surface area contributed by atoms with Crippen LogP contribution < -0.4 is 0 Å². The number of aromatic nitrogens is 4. The third-order valence-electron chi connectivity index (χ3n) is 6.00. The summed E-state index contributed by atoms with van der Waals surface area (Å²) in [6.45, 7) is 1.45. The number of carbonyl (C=O) groups is 1. The summed E-state index contributed by atoms with van der Waals surface area (Å²) in [4.78, 5) is 29.2. The lowest BCUT2D eigenvalue weighted by Gasteiger charge is -2.31. The van der Waals surface area contributed by atoms with E-state index in [4.69, 9.17) is 9.97 Å². The fourth-order valence-electron chi connectivity index (χ4n) is 4.40. The number of hydrogen-bond donors (Lipinski definition) is 1. The molecule has 4 heterocycles. The molecule has 0 aliphatic carbocycles. The molecule has 0 unspecified atom stereocenters. The second-order valence-electron chi connectivity index (χ2n) is 8.00. The number of carbonyl (C=O) groups excluding carboxylic acids is 1. The Hall–Kier alpha value is -3.45. The van der Waals surface area contributed by atoms with Gasteiger partial charge in [-0.2, -0.15) is 0 Å². The lowest BCUT2D eigenvalue weighted by Crippen LogP contribution is -2.39. The van der Waals surface area contributed by atoms with E-state index in [-0.39, 0.29) is 11.8 Å². The van der Waals surface area contributed by atoms with Gasteiger partial charge in [0.05, 0.1) is 16.7 Å². The lowest BCUT2D eigenvalue weighted by atomic mass is 9.97. The molecule has 6 nitrogen and oxygen atoms in total. The molecule has 0 radical (unpaired) electrons. The maximum Gasteiger partial charge on any atom is 0.271 e. The van der Waals surface area contributed by atoms with Crippen molar-refractivity contribution in [3.05, 3.63) is 77.7 Å². The van der Waals surface area contributed by atoms with Crippen LogP contribution in [0.5, 0.6) is 0 Å². The van der Waals surface area contributed by atoms with E-state index in [1.165, 1.54) is 11.3 Å². The van der Waals surface area contributed by atoms with E-state index in [0.717, 1.165) is 52.5 Å². The Morgan fingerprint density at radius 1 is 1.06 bits per heavy atom. The SMILES string of the molecule is O=C(c1csc2nc(-c3ccccc3)cn12)N1CCC[C@H](c2nc3ccccc3[nH]2)C1. The predicted octanol–water partition coefficient (Wildman–Crippen LogP) is 4.96. The van der Waals surface area contributed by atoms with Gasteiger partial charge >= 0.3 is 0 Å². The van der Waals surface area contributed by atoms with E-state index < -0.39 is 0 Å². The highest BCUT2D eigenvalue weighted by Gasteiger charge is 2.29. The van der Waals surface area contributed by atoms with Crippen LogP contribution in [0.15, 0.2) is 66.2 Å². The van der Waals surface area contributed by atoms with Crippen molar-refractivity contribution in [2.45, 2.75) is 18.8 Å². The van der Waals surface area contributed by atoms with E-state index in [2.05, 4.69) is 4.98 Å². The third-order valence-corrected chi connectivity index (χ3v) is 6.84. The maximum atomic E-state index is 13.4. The van der Waals surface area contributed by atoms with Crippen molar-refractivity contribution in [1.29, 1.82) is 0 Å². The zero-order chi connectivity index (χ0) is 20.8. The summed E-state index contributed by atoms with van der Waals surface area (Å²) in [5.74, 6) is 1.26. The van der Waals surface area contributed by atoms with Crippen molar-refractivity contribution >= 4 is 33.2 Å². The molecule has 2 aromatic carbocycles. The Labute approximate surface area is 183 Å². The van der Waals surface area contributed by atoms with Crippen LogP contribution in [0.25, 0.3) is 27.3 Å². The first kappa shape index (κ1) is 18.3. The molecule has 1 saturated heterocycles. The number of piperidine rings is 1. The van der Waals surface area contributed by atoms with Crippen LogP contribution in [0.1, 0.15) is 35.1 Å². The standard InChI is InChI=1S/C24H21N5OS/c30-23(21-15-31-24-27-20(14-29(21)24)16-7-2-1-3-8-16)28-12-6-9-17(13-28)22-25-18-10-4-5-11-19(18)26-22/h1-5,7-8,10-11,14-15,17H,6,9,12-13H2,(H,25,26)/t17-/m0/s1. The summed E-state index contributed by atoms with van der Waals surface area (Å²) in [6, 6.07) is 18.1. The van der Waals surface area contributed by atoms with Crippen molar-refractivity contribution in [1.82, 2.24) is 24.3 Å². The lowest BCUT2D eigenvalue weighted by molar-refractivity contribution is 0.0698. The molecule has 0 bridgehead atoms. The zero-order valence-electron chi connectivity index (χ0n) is 16.9. The van der Waals surface area contributed by atoms with Gasteiger partial charge in [-0.25, -0.2) is 9.97 Å². The molecule has 1 aliphatic rings. The topological polar surface area (TPSA) is 66.3 Å². The fourth-order valence-corrected chi connectivity index (χ4v) is 5.25. The van der Waals surface area contributed by atoms with Crippen LogP contribution in [0.2, 0.25) is 0 Å². The van der Waals surface area contributed by atoms with Crippen LogP contribution >= 0.6 is 11.3 Å². The summed E-state index contributed by atoms with van der Waals surface area (Å²) in [7, 11) is 0. The highest BCUT2D eigenvalue weighted by molar-refractivity contribution is 7.15. The molecule has 0 spiro atoms. The number of benzene rings is 2. The summed E-state index contributed by atoms with van der Waals surface area (Å²) < 4.78 is 1.93. The van der Waals surface area contributed by atoms with Crippen molar-refractivity contribution in [3.63, 3.8) is 0 Å². The second-order valence-corrected chi connectivity index (χ2v) is 8.83. The zero-order valence-corrected chi connectivity index (χ0v) is 17.7. The number of thiazole rings is 1. The first-order valence-electron chi connectivity index (χ1n) is 10.5. The molecule has 1 atom stereocenters. The number of H-pyrrole nitrogens is 1. The van der Waals surface area contributed by atoms with E-state index in [1.807, 2.05) is 75.5 Å². The van der Waals surface area contributed by atoms with Gasteiger partial charge in [-0.15, -0.1) is 11.3 Å². The number of rotatable bonds is 3. The number of likely N-dealkylation sites (tertiary alicyclic amines) is 1. The molecule has 0 saturated carbocycles. The van der Waals surface area contributed by atoms with Crippen LogP contribution in [0.3, 0.4) is 0 Å². The Morgan fingerprint density at radius 2 is 1.90 bits per heavy atom. The summed E-state index contributed by atoms with van der Waals surface area (Å²) in [5, 5.41) is 1.92. The minimum absolute atomic E-state index is 0.0593. The van der Waals surface area contributed by atoms with E-state index in [1.54, 1.807) is 0 Å². The van der Waals surface area contributed by atoms with Crippen LogP contribution in [0, 0.1) is 0 Å². The molecule has 154 valence electrons. The molecular weight excluding hydrogens is 406 g/mol. The number of imidazole rings is 2. The van der Waals surface area contributed by atoms with Gasteiger partial charge < -0.3 is 9.88 Å². The van der Waals surface area contributed by atoms with Gasteiger partial charge in [-0.05, 0) is 25.0 Å². The number of fused-ring (bicyclic) bond motifs is 2. The Balaban J connectivity index is 1.27. The Morgan fingerprint density at radius 3 is 2.77 bits per heavy atom. The van der Waals surface area contributed by atoms with E-state index in [9.17, 15) is 4.79 Å². The van der Waals surface area contributed by atoms with E-state index >= 15 is 0 Å². The molecule has 1 fully saturated rings. The fraction of sp³-hybridized carbons (Fsp3) is 0.208. The molecule has 1 amide bonds. The largest absolute Gasteiger partial charge is 0.342 e. The molecule has 6 rings (SSSR count). The van der Waals surface area contributed by atoms with Gasteiger partial charge in [0.15, 0.2) is 4.96 Å². The van der Waals surface area contributed by atoms with Crippen molar-refractivity contribution in [3.8, 4) is 11.3 Å². The van der Waals surface area contributed by atoms with Gasteiger partial charge in [0, 0.05) is 36.1 Å². The van der Waals surface area contributed by atoms with E-state index in [0.29, 0.717) is 12.2 Å². The summed E-state index contributed by atoms with van der Waals surface area (Å²) in [5.41, 5.74) is 4.65. The molecular formula is C24H21N5OS. The molecule has 7 heteroatoms. The monoisotopic (exact) mass is 427 g/mol. The smallest absolute Gasteiger partial charge is 0.271 e. The van der Waals surface area contributed by atoms with Crippen molar-refractivity contribution in [2.24, 2.45) is 0 Å². The molecule has 3 aromatic heterocycles. The number of para-hydroxylation sites is 2. The average Bonchev–Trinajstić information content (AvgIpc) is 3.53. The maximum absolute atomic E-state index is 13.4. The van der Waals surface area contributed by atoms with Gasteiger partial charge in [0.1, 0.15) is 11.5 Å². The van der Waals surface area contributed by atoms with Crippen molar-refractivity contribution < 1.29 is 4.79 Å². The number of aromatic amines is 1. The quantitative estimate of drug-likeness (QED) is 0.443. The molecule has 5 aromatic rings. The minimum atomic E-state index is 0.0593. The van der Waals surface area contributed by atoms with Gasteiger partial charge in [-0.1, -0.05) is 42.5 Å². The highest BCUT2D eigenvalue weighted by Crippen LogP contribution is 2.29. The van der Waals surface area contributed by atoms with Crippen LogP contribution in [0.4, 0.5) is 0 Å². The van der Waals surface area contributed by atoms with Crippen LogP contribution in [-0.2, 0) is 0 Å². The Kier molecular flexibility index (Phi) is 4.35. The number of nitrogens with one attached hydrogen (secondary N) is 1. The number of nitrogens with zero attached hydrogens (tertiary/aromatic N) is 4. The predicted molar refractivity (Wildman–Crippen MR) is 122 cm³/mol. The van der Waals surface area contributed by atoms with Gasteiger partial charge in [-0.3, -0.25) is 9.20 Å². The number of amides is 1. The Bertz CT molecular complexity index is 1350. The first-order chi connectivity index (χ1) is 15.3. The first-order valence-corrected chi connectivity index (χ1v) is 11.4. The van der Waals surface area contributed by atoms with Crippen LogP contribution in [-0.4, -0.2) is 43.2 Å².